The topological polar surface area (TPSA) is 55.4 Å². The number of ether oxygens (including phenoxy) is 1. The zero-order valence-corrected chi connectivity index (χ0v) is 12.2. The van der Waals surface area contributed by atoms with E-state index in [0.29, 0.717) is 17.9 Å². The van der Waals surface area contributed by atoms with Gasteiger partial charge in [-0.2, -0.15) is 0 Å². The van der Waals surface area contributed by atoms with Crippen molar-refractivity contribution in [2.45, 2.75) is 34.6 Å². The first-order chi connectivity index (χ1) is 8.75. The standard InChI is InChI=1S/C15H21NO3/c1-6-19-13(17)11-7-8-12(10(2)9-11)16-14(18)15(3,4)5/h7-9H,6H2,1-5H3,(H,16,18). The Balaban J connectivity index is 2.89. The molecule has 0 aliphatic carbocycles. The van der Waals surface area contributed by atoms with Crippen LogP contribution in [0.3, 0.4) is 0 Å². The lowest BCUT2D eigenvalue weighted by molar-refractivity contribution is -0.123. The first-order valence-corrected chi connectivity index (χ1v) is 6.35. The third-order valence-corrected chi connectivity index (χ3v) is 2.67. The zero-order valence-electron chi connectivity index (χ0n) is 12.2. The number of carbonyl (C=O) groups excluding carboxylic acids is 2. The van der Waals surface area contributed by atoms with Gasteiger partial charge < -0.3 is 10.1 Å². The summed E-state index contributed by atoms with van der Waals surface area (Å²) < 4.78 is 4.93. The van der Waals surface area contributed by atoms with Crippen LogP contribution in [-0.2, 0) is 9.53 Å². The highest BCUT2D eigenvalue weighted by atomic mass is 16.5. The minimum atomic E-state index is -0.452. The van der Waals surface area contributed by atoms with Gasteiger partial charge in [0.1, 0.15) is 0 Å². The summed E-state index contributed by atoms with van der Waals surface area (Å²) in [6.07, 6.45) is 0. The molecule has 0 atom stereocenters. The van der Waals surface area contributed by atoms with Gasteiger partial charge in [0.2, 0.25) is 5.91 Å². The highest BCUT2D eigenvalue weighted by Gasteiger charge is 2.21. The fraction of sp³-hybridized carbons (Fsp3) is 0.467. The Kier molecular flexibility index (Phi) is 4.70. The van der Waals surface area contributed by atoms with E-state index in [1.54, 1.807) is 25.1 Å². The first-order valence-electron chi connectivity index (χ1n) is 6.35. The molecule has 0 aromatic heterocycles. The van der Waals surface area contributed by atoms with Gasteiger partial charge in [-0.05, 0) is 37.6 Å². The molecule has 4 heteroatoms. The Morgan fingerprint density at radius 2 is 1.89 bits per heavy atom. The van der Waals surface area contributed by atoms with E-state index in [0.717, 1.165) is 5.56 Å². The van der Waals surface area contributed by atoms with E-state index in [4.69, 9.17) is 4.74 Å². The Labute approximate surface area is 114 Å². The van der Waals surface area contributed by atoms with Crippen LogP contribution in [0.2, 0.25) is 0 Å². The third kappa shape index (κ3) is 4.09. The van der Waals surface area contributed by atoms with Crippen molar-refractivity contribution in [2.75, 3.05) is 11.9 Å². The number of anilines is 1. The second kappa shape index (κ2) is 5.87. The molecule has 0 aliphatic heterocycles. The van der Waals surface area contributed by atoms with Crippen molar-refractivity contribution in [1.82, 2.24) is 0 Å². The van der Waals surface area contributed by atoms with Crippen molar-refractivity contribution in [2.24, 2.45) is 5.41 Å². The first kappa shape index (κ1) is 15.2. The molecule has 1 aromatic rings. The van der Waals surface area contributed by atoms with Gasteiger partial charge >= 0.3 is 5.97 Å². The molecule has 0 aliphatic rings. The van der Waals surface area contributed by atoms with Crippen LogP contribution in [-0.4, -0.2) is 18.5 Å². The summed E-state index contributed by atoms with van der Waals surface area (Å²) in [7, 11) is 0. The summed E-state index contributed by atoms with van der Waals surface area (Å²) in [5.41, 5.74) is 1.59. The van der Waals surface area contributed by atoms with Gasteiger partial charge in [-0.1, -0.05) is 20.8 Å². The molecule has 0 saturated carbocycles. The average molecular weight is 263 g/mol. The van der Waals surface area contributed by atoms with Gasteiger partial charge in [0, 0.05) is 11.1 Å². The number of esters is 1. The van der Waals surface area contributed by atoms with Crippen molar-refractivity contribution in [1.29, 1.82) is 0 Å². The summed E-state index contributed by atoms with van der Waals surface area (Å²) in [6, 6.07) is 5.10. The van der Waals surface area contributed by atoms with Crippen LogP contribution < -0.4 is 5.32 Å². The van der Waals surface area contributed by atoms with E-state index < -0.39 is 5.41 Å². The van der Waals surface area contributed by atoms with E-state index in [9.17, 15) is 9.59 Å². The van der Waals surface area contributed by atoms with Crippen LogP contribution in [0.1, 0.15) is 43.6 Å². The summed E-state index contributed by atoms with van der Waals surface area (Å²) >= 11 is 0. The largest absolute Gasteiger partial charge is 0.462 e. The fourth-order valence-electron chi connectivity index (χ4n) is 1.46. The van der Waals surface area contributed by atoms with E-state index in [1.807, 2.05) is 27.7 Å². The minimum Gasteiger partial charge on any atom is -0.462 e. The number of hydrogen-bond donors (Lipinski definition) is 1. The van der Waals surface area contributed by atoms with Crippen molar-refractivity contribution in [3.63, 3.8) is 0 Å². The minimum absolute atomic E-state index is 0.0560. The monoisotopic (exact) mass is 263 g/mol. The second-order valence-electron chi connectivity index (χ2n) is 5.45. The number of hydrogen-bond acceptors (Lipinski definition) is 3. The Morgan fingerprint density at radius 1 is 1.26 bits per heavy atom. The molecule has 1 N–H and O–H groups in total. The fourth-order valence-corrected chi connectivity index (χ4v) is 1.46. The smallest absolute Gasteiger partial charge is 0.338 e. The Bertz CT molecular complexity index is 487. The summed E-state index contributed by atoms with van der Waals surface area (Å²) in [5, 5.41) is 2.86. The molecule has 0 heterocycles. The van der Waals surface area contributed by atoms with Crippen LogP contribution in [0.5, 0.6) is 0 Å². The van der Waals surface area contributed by atoms with Gasteiger partial charge in [-0.15, -0.1) is 0 Å². The summed E-state index contributed by atoms with van der Waals surface area (Å²) in [5.74, 6) is -0.404. The predicted octanol–water partition coefficient (Wildman–Crippen LogP) is 3.16. The highest BCUT2D eigenvalue weighted by molar-refractivity contribution is 5.96. The van der Waals surface area contributed by atoms with Gasteiger partial charge in [-0.3, -0.25) is 4.79 Å². The normalized spacial score (nSPS) is 11.0. The molecular weight excluding hydrogens is 242 g/mol. The molecule has 19 heavy (non-hydrogen) atoms. The van der Waals surface area contributed by atoms with Crippen molar-refractivity contribution >= 4 is 17.6 Å². The average Bonchev–Trinajstić information content (AvgIpc) is 2.30. The third-order valence-electron chi connectivity index (χ3n) is 2.67. The van der Waals surface area contributed by atoms with Gasteiger partial charge in [0.25, 0.3) is 0 Å². The van der Waals surface area contributed by atoms with Crippen LogP contribution in [0, 0.1) is 12.3 Å². The van der Waals surface area contributed by atoms with Crippen LogP contribution >= 0.6 is 0 Å². The SMILES string of the molecule is CCOC(=O)c1ccc(NC(=O)C(C)(C)C)c(C)c1. The van der Waals surface area contributed by atoms with Gasteiger partial charge in [-0.25, -0.2) is 4.79 Å². The molecule has 1 aromatic carbocycles. The molecule has 4 nitrogen and oxygen atoms in total. The van der Waals surface area contributed by atoms with E-state index in [-0.39, 0.29) is 11.9 Å². The maximum absolute atomic E-state index is 11.9. The van der Waals surface area contributed by atoms with Crippen molar-refractivity contribution in [3.05, 3.63) is 29.3 Å². The molecule has 1 amide bonds. The number of rotatable bonds is 3. The maximum atomic E-state index is 11.9. The molecule has 1 rings (SSSR count). The predicted molar refractivity (Wildman–Crippen MR) is 75.2 cm³/mol. The molecule has 104 valence electrons. The van der Waals surface area contributed by atoms with E-state index in [1.165, 1.54) is 0 Å². The van der Waals surface area contributed by atoms with Crippen molar-refractivity contribution < 1.29 is 14.3 Å². The second-order valence-corrected chi connectivity index (χ2v) is 5.45. The highest BCUT2D eigenvalue weighted by Crippen LogP contribution is 2.21. The van der Waals surface area contributed by atoms with Crippen LogP contribution in [0.15, 0.2) is 18.2 Å². The van der Waals surface area contributed by atoms with E-state index in [2.05, 4.69) is 5.32 Å². The lowest BCUT2D eigenvalue weighted by atomic mass is 9.95. The summed E-state index contributed by atoms with van der Waals surface area (Å²) in [6.45, 7) is 9.52. The molecular formula is C15H21NO3. The van der Waals surface area contributed by atoms with Gasteiger partial charge in [0.15, 0.2) is 0 Å². The molecule has 0 unspecified atom stereocenters. The maximum Gasteiger partial charge on any atom is 0.338 e. The number of aryl methyl sites for hydroxylation is 1. The lowest BCUT2D eigenvalue weighted by Gasteiger charge is -2.19. The lowest BCUT2D eigenvalue weighted by Crippen LogP contribution is -2.28. The summed E-state index contributed by atoms with van der Waals surface area (Å²) in [4.78, 5) is 23.5. The van der Waals surface area contributed by atoms with Crippen LogP contribution in [0.25, 0.3) is 0 Å². The molecule has 0 saturated heterocycles. The molecule has 0 fully saturated rings. The molecule has 0 bridgehead atoms. The molecule has 0 spiro atoms. The number of carbonyl (C=O) groups is 2. The Morgan fingerprint density at radius 3 is 2.37 bits per heavy atom. The molecule has 0 radical (unpaired) electrons. The quantitative estimate of drug-likeness (QED) is 0.852. The number of nitrogens with one attached hydrogen (secondary N) is 1. The van der Waals surface area contributed by atoms with E-state index >= 15 is 0 Å². The zero-order chi connectivity index (χ0) is 14.6. The van der Waals surface area contributed by atoms with Crippen LogP contribution in [0.4, 0.5) is 5.69 Å². The number of benzene rings is 1. The van der Waals surface area contributed by atoms with Crippen molar-refractivity contribution in [3.8, 4) is 0 Å². The number of amides is 1. The Hall–Kier alpha value is -1.84. The van der Waals surface area contributed by atoms with Gasteiger partial charge in [0.05, 0.1) is 12.2 Å².